The van der Waals surface area contributed by atoms with Gasteiger partial charge >= 0.3 is 0 Å². The molecule has 3 rings (SSSR count). The van der Waals surface area contributed by atoms with Crippen molar-refractivity contribution in [2.75, 3.05) is 40.3 Å². The number of likely N-dealkylation sites (tertiary alicyclic amines) is 1. The van der Waals surface area contributed by atoms with E-state index in [-0.39, 0.29) is 30.7 Å². The second-order valence-electron chi connectivity index (χ2n) is 7.27. The van der Waals surface area contributed by atoms with Gasteiger partial charge in [0.25, 0.3) is 5.91 Å². The van der Waals surface area contributed by atoms with Crippen LogP contribution in [0.15, 0.2) is 24.3 Å². The van der Waals surface area contributed by atoms with Crippen molar-refractivity contribution in [3.05, 3.63) is 29.8 Å². The number of amides is 3. The molecular weight excluding hydrogens is 348 g/mol. The summed E-state index contributed by atoms with van der Waals surface area (Å²) >= 11 is 0. The lowest BCUT2D eigenvalue weighted by molar-refractivity contribution is -0.135. The van der Waals surface area contributed by atoms with Crippen LogP contribution in [-0.4, -0.2) is 73.5 Å². The van der Waals surface area contributed by atoms with Gasteiger partial charge in [0.1, 0.15) is 5.75 Å². The van der Waals surface area contributed by atoms with Crippen LogP contribution in [0.3, 0.4) is 0 Å². The average molecular weight is 374 g/mol. The van der Waals surface area contributed by atoms with Crippen LogP contribution in [0.4, 0.5) is 0 Å². The van der Waals surface area contributed by atoms with Crippen molar-refractivity contribution in [3.8, 4) is 5.75 Å². The fourth-order valence-electron chi connectivity index (χ4n) is 3.33. The smallest absolute Gasteiger partial charge is 0.258 e. The zero-order valence-electron chi connectivity index (χ0n) is 15.8. The van der Waals surface area contributed by atoms with Gasteiger partial charge < -0.3 is 25.2 Å². The first kappa shape index (κ1) is 19.2. The Bertz CT molecular complexity index is 736. The van der Waals surface area contributed by atoms with E-state index < -0.39 is 5.72 Å². The van der Waals surface area contributed by atoms with Crippen molar-refractivity contribution in [1.82, 2.24) is 20.4 Å². The lowest BCUT2D eigenvalue weighted by atomic mass is 10.0. The molecule has 1 spiro atoms. The molecule has 0 bridgehead atoms. The molecule has 0 unspecified atom stereocenters. The molecule has 1 saturated heterocycles. The van der Waals surface area contributed by atoms with Crippen molar-refractivity contribution in [2.45, 2.75) is 25.0 Å². The number of nitrogens with zero attached hydrogens (tertiary/aromatic N) is 2. The van der Waals surface area contributed by atoms with Gasteiger partial charge in [-0.1, -0.05) is 12.1 Å². The fourth-order valence-corrected chi connectivity index (χ4v) is 3.33. The lowest BCUT2D eigenvalue weighted by Crippen LogP contribution is -2.56. The summed E-state index contributed by atoms with van der Waals surface area (Å²) in [6, 6.07) is 7.08. The number of carbonyl (C=O) groups excluding carboxylic acids is 3. The van der Waals surface area contributed by atoms with Crippen LogP contribution in [0, 0.1) is 0 Å². The Morgan fingerprint density at radius 1 is 1.30 bits per heavy atom. The number of benzene rings is 1. The van der Waals surface area contributed by atoms with E-state index in [0.717, 1.165) is 6.54 Å². The number of para-hydroxylation sites is 1. The Balaban J connectivity index is 1.62. The molecule has 1 fully saturated rings. The molecule has 2 aliphatic heterocycles. The molecule has 3 amide bonds. The molecule has 2 N–H and O–H groups in total. The summed E-state index contributed by atoms with van der Waals surface area (Å²) in [7, 11) is 3.86. The minimum absolute atomic E-state index is 0.0207. The van der Waals surface area contributed by atoms with Gasteiger partial charge in [-0.05, 0) is 26.2 Å². The van der Waals surface area contributed by atoms with Crippen molar-refractivity contribution >= 4 is 17.7 Å². The molecule has 0 aromatic heterocycles. The van der Waals surface area contributed by atoms with Crippen LogP contribution in [0.1, 0.15) is 29.6 Å². The highest BCUT2D eigenvalue weighted by Crippen LogP contribution is 2.33. The number of nitrogens with one attached hydrogen (secondary N) is 2. The highest BCUT2D eigenvalue weighted by molar-refractivity contribution is 5.98. The number of carbonyl (C=O) groups is 3. The first-order valence-corrected chi connectivity index (χ1v) is 9.18. The topological polar surface area (TPSA) is 91.0 Å². The van der Waals surface area contributed by atoms with Gasteiger partial charge in [-0.15, -0.1) is 0 Å². The van der Waals surface area contributed by atoms with Crippen molar-refractivity contribution < 1.29 is 19.1 Å². The number of ether oxygens (including phenoxy) is 1. The lowest BCUT2D eigenvalue weighted by Gasteiger charge is -2.38. The summed E-state index contributed by atoms with van der Waals surface area (Å²) in [5.41, 5.74) is -0.409. The first-order valence-electron chi connectivity index (χ1n) is 9.18. The third-order valence-corrected chi connectivity index (χ3v) is 4.87. The van der Waals surface area contributed by atoms with Crippen LogP contribution in [0.5, 0.6) is 5.75 Å². The third-order valence-electron chi connectivity index (χ3n) is 4.87. The summed E-state index contributed by atoms with van der Waals surface area (Å²) in [6.07, 6.45) is 1.03. The fraction of sp³-hybridized carbons (Fsp3) is 0.526. The van der Waals surface area contributed by atoms with Gasteiger partial charge in [0.15, 0.2) is 5.72 Å². The summed E-state index contributed by atoms with van der Waals surface area (Å²) in [5.74, 6) is 0.0502. The monoisotopic (exact) mass is 374 g/mol. The van der Waals surface area contributed by atoms with E-state index in [2.05, 4.69) is 10.6 Å². The molecule has 0 saturated carbocycles. The van der Waals surface area contributed by atoms with Gasteiger partial charge in [-0.3, -0.25) is 14.4 Å². The SMILES string of the molecule is CN(C)CCNC(=O)CN1CC[C@@]2(CCC1=O)NC(=O)c1ccccc1O2. The third kappa shape index (κ3) is 4.57. The predicted molar refractivity (Wildman–Crippen MR) is 99.3 cm³/mol. The molecule has 1 aromatic rings. The molecular formula is C19H26N4O4. The molecule has 1 atom stereocenters. The van der Waals surface area contributed by atoms with E-state index in [1.807, 2.05) is 25.1 Å². The zero-order valence-corrected chi connectivity index (χ0v) is 15.8. The maximum atomic E-state index is 12.5. The average Bonchev–Trinajstić information content (AvgIpc) is 2.76. The highest BCUT2D eigenvalue weighted by atomic mass is 16.5. The second kappa shape index (κ2) is 7.96. The Morgan fingerprint density at radius 3 is 2.85 bits per heavy atom. The summed E-state index contributed by atoms with van der Waals surface area (Å²) in [4.78, 5) is 40.5. The molecule has 2 aliphatic rings. The van der Waals surface area contributed by atoms with E-state index in [4.69, 9.17) is 4.74 Å². The Morgan fingerprint density at radius 2 is 2.07 bits per heavy atom. The number of rotatable bonds is 5. The van der Waals surface area contributed by atoms with E-state index in [9.17, 15) is 14.4 Å². The quantitative estimate of drug-likeness (QED) is 0.768. The molecule has 8 heteroatoms. The van der Waals surface area contributed by atoms with E-state index in [1.54, 1.807) is 18.2 Å². The molecule has 27 heavy (non-hydrogen) atoms. The Kier molecular flexibility index (Phi) is 5.65. The van der Waals surface area contributed by atoms with Crippen LogP contribution in [0.2, 0.25) is 0 Å². The van der Waals surface area contributed by atoms with Gasteiger partial charge in [-0.2, -0.15) is 0 Å². The zero-order chi connectivity index (χ0) is 19.4. The molecule has 146 valence electrons. The Labute approximate surface area is 158 Å². The Hall–Kier alpha value is -2.61. The predicted octanol–water partition coefficient (Wildman–Crippen LogP) is 0.195. The number of hydrogen-bond donors (Lipinski definition) is 2. The molecule has 0 aliphatic carbocycles. The van der Waals surface area contributed by atoms with Crippen LogP contribution in [-0.2, 0) is 9.59 Å². The van der Waals surface area contributed by atoms with E-state index >= 15 is 0 Å². The van der Waals surface area contributed by atoms with Gasteiger partial charge in [0, 0.05) is 38.9 Å². The summed E-state index contributed by atoms with van der Waals surface area (Å²) in [5, 5.41) is 5.74. The normalized spacial score (nSPS) is 22.1. The maximum absolute atomic E-state index is 12.5. The minimum Gasteiger partial charge on any atom is -0.467 e. The molecule has 8 nitrogen and oxygen atoms in total. The standard InChI is InChI=1S/C19H26N4O4/c1-22(2)12-10-20-16(24)13-23-11-9-19(8-7-17(23)25)21-18(26)14-5-3-4-6-15(14)27-19/h3-6H,7-13H2,1-2H3,(H,20,24)(H,21,26)/t19-/m0/s1. The number of fused-ring (bicyclic) bond motifs is 1. The van der Waals surface area contributed by atoms with Gasteiger partial charge in [-0.25, -0.2) is 0 Å². The molecule has 1 aromatic carbocycles. The van der Waals surface area contributed by atoms with Crippen molar-refractivity contribution in [3.63, 3.8) is 0 Å². The van der Waals surface area contributed by atoms with Gasteiger partial charge in [0.2, 0.25) is 11.8 Å². The largest absolute Gasteiger partial charge is 0.467 e. The highest BCUT2D eigenvalue weighted by Gasteiger charge is 2.42. The van der Waals surface area contributed by atoms with Crippen LogP contribution < -0.4 is 15.4 Å². The van der Waals surface area contributed by atoms with Gasteiger partial charge in [0.05, 0.1) is 12.1 Å². The van der Waals surface area contributed by atoms with Crippen LogP contribution in [0.25, 0.3) is 0 Å². The number of hydrogen-bond acceptors (Lipinski definition) is 5. The maximum Gasteiger partial charge on any atom is 0.258 e. The summed E-state index contributed by atoms with van der Waals surface area (Å²) < 4.78 is 6.09. The first-order chi connectivity index (χ1) is 12.9. The second-order valence-corrected chi connectivity index (χ2v) is 7.27. The van der Waals surface area contributed by atoms with Crippen molar-refractivity contribution in [2.24, 2.45) is 0 Å². The molecule has 2 heterocycles. The van der Waals surface area contributed by atoms with Crippen molar-refractivity contribution in [1.29, 1.82) is 0 Å². The minimum atomic E-state index is -0.906. The van der Waals surface area contributed by atoms with E-state index in [1.165, 1.54) is 4.90 Å². The van der Waals surface area contributed by atoms with E-state index in [0.29, 0.717) is 37.2 Å². The molecule has 0 radical (unpaired) electrons. The summed E-state index contributed by atoms with van der Waals surface area (Å²) in [6.45, 7) is 1.64. The number of likely N-dealkylation sites (N-methyl/N-ethyl adjacent to an activating group) is 1. The van der Waals surface area contributed by atoms with Crippen LogP contribution >= 0.6 is 0 Å².